The van der Waals surface area contributed by atoms with Gasteiger partial charge >= 0.3 is 5.97 Å². The summed E-state index contributed by atoms with van der Waals surface area (Å²) >= 11 is 11.7. The first-order valence-electron chi connectivity index (χ1n) is 7.46. The zero-order valence-corrected chi connectivity index (χ0v) is 15.3. The van der Waals surface area contributed by atoms with Gasteiger partial charge in [-0.2, -0.15) is 0 Å². The SMILES string of the molecule is CC(C)NC(=O)COC(=O)C(C)N1C(=O)c2cc(Cl)c(Cl)cc2C1=O. The van der Waals surface area contributed by atoms with E-state index in [1.807, 2.05) is 0 Å². The van der Waals surface area contributed by atoms with E-state index in [-0.39, 0.29) is 27.2 Å². The molecule has 25 heavy (non-hydrogen) atoms. The molecule has 3 amide bonds. The lowest BCUT2D eigenvalue weighted by atomic mass is 10.1. The van der Waals surface area contributed by atoms with Crippen molar-refractivity contribution in [1.29, 1.82) is 0 Å². The van der Waals surface area contributed by atoms with Crippen LogP contribution in [0, 0.1) is 0 Å². The summed E-state index contributed by atoms with van der Waals surface area (Å²) in [5.41, 5.74) is 0.133. The zero-order chi connectivity index (χ0) is 18.9. The molecule has 0 bridgehead atoms. The molecule has 1 atom stereocenters. The van der Waals surface area contributed by atoms with Gasteiger partial charge < -0.3 is 10.1 Å². The number of fused-ring (bicyclic) bond motifs is 1. The molecular weight excluding hydrogens is 371 g/mol. The number of carbonyl (C=O) groups excluding carboxylic acids is 4. The molecule has 1 N–H and O–H groups in total. The molecule has 134 valence electrons. The molecule has 7 nitrogen and oxygen atoms in total. The Bertz CT molecular complexity index is 722. The van der Waals surface area contributed by atoms with Gasteiger partial charge in [0.25, 0.3) is 17.7 Å². The number of hydrogen-bond donors (Lipinski definition) is 1. The third-order valence-electron chi connectivity index (χ3n) is 3.48. The highest BCUT2D eigenvalue weighted by atomic mass is 35.5. The quantitative estimate of drug-likeness (QED) is 0.617. The number of halogens is 2. The molecule has 1 aromatic rings. The third-order valence-corrected chi connectivity index (χ3v) is 4.20. The van der Waals surface area contributed by atoms with Crippen molar-refractivity contribution in [1.82, 2.24) is 10.2 Å². The maximum absolute atomic E-state index is 12.4. The van der Waals surface area contributed by atoms with E-state index in [0.717, 1.165) is 4.90 Å². The molecule has 0 aliphatic carbocycles. The molecule has 0 saturated heterocycles. The van der Waals surface area contributed by atoms with Crippen LogP contribution in [0.15, 0.2) is 12.1 Å². The number of imide groups is 1. The maximum atomic E-state index is 12.4. The van der Waals surface area contributed by atoms with Gasteiger partial charge in [-0.05, 0) is 32.9 Å². The molecule has 1 aliphatic heterocycles. The van der Waals surface area contributed by atoms with Crippen LogP contribution in [-0.4, -0.2) is 47.3 Å². The van der Waals surface area contributed by atoms with Crippen LogP contribution in [0.2, 0.25) is 10.0 Å². The summed E-state index contributed by atoms with van der Waals surface area (Å²) in [7, 11) is 0. The number of ether oxygens (including phenoxy) is 1. The highest BCUT2D eigenvalue weighted by Gasteiger charge is 2.42. The summed E-state index contributed by atoms with van der Waals surface area (Å²) in [5, 5.41) is 2.82. The largest absolute Gasteiger partial charge is 0.454 e. The summed E-state index contributed by atoms with van der Waals surface area (Å²) < 4.78 is 4.87. The second-order valence-corrected chi connectivity index (χ2v) is 6.61. The molecule has 0 saturated carbocycles. The predicted octanol–water partition coefficient (Wildman–Crippen LogP) is 2.05. The number of hydrogen-bond acceptors (Lipinski definition) is 5. The normalized spacial score (nSPS) is 14.6. The van der Waals surface area contributed by atoms with E-state index in [2.05, 4.69) is 5.32 Å². The molecule has 1 heterocycles. The second kappa shape index (κ2) is 7.41. The van der Waals surface area contributed by atoms with Crippen molar-refractivity contribution in [2.24, 2.45) is 0 Å². The molecule has 0 aromatic heterocycles. The Kier molecular flexibility index (Phi) is 5.69. The fraction of sp³-hybridized carbons (Fsp3) is 0.375. The number of rotatable bonds is 5. The first kappa shape index (κ1) is 19.2. The van der Waals surface area contributed by atoms with E-state index in [1.54, 1.807) is 13.8 Å². The standard InChI is InChI=1S/C16H16Cl2N2O5/c1-7(2)19-13(21)6-25-16(24)8(3)20-14(22)9-4-11(17)12(18)5-10(9)15(20)23/h4-5,7-8H,6H2,1-3H3,(H,19,21). The van der Waals surface area contributed by atoms with Gasteiger partial charge in [-0.15, -0.1) is 0 Å². The molecule has 0 spiro atoms. The fourth-order valence-corrected chi connectivity index (χ4v) is 2.66. The van der Waals surface area contributed by atoms with Gasteiger partial charge in [-0.3, -0.25) is 19.3 Å². The highest BCUT2D eigenvalue weighted by molar-refractivity contribution is 6.43. The van der Waals surface area contributed by atoms with Crippen molar-refractivity contribution >= 4 is 46.9 Å². The first-order valence-corrected chi connectivity index (χ1v) is 8.22. The van der Waals surface area contributed by atoms with E-state index in [1.165, 1.54) is 19.1 Å². The minimum absolute atomic E-state index is 0.0663. The van der Waals surface area contributed by atoms with E-state index < -0.39 is 36.3 Å². The van der Waals surface area contributed by atoms with Crippen LogP contribution in [-0.2, 0) is 14.3 Å². The van der Waals surface area contributed by atoms with Crippen LogP contribution in [0.5, 0.6) is 0 Å². The molecular formula is C16H16Cl2N2O5. The van der Waals surface area contributed by atoms with Crippen molar-refractivity contribution in [3.05, 3.63) is 33.3 Å². The van der Waals surface area contributed by atoms with Crippen LogP contribution in [0.4, 0.5) is 0 Å². The molecule has 2 rings (SSSR count). The first-order chi connectivity index (χ1) is 11.6. The smallest absolute Gasteiger partial charge is 0.329 e. The lowest BCUT2D eigenvalue weighted by Crippen LogP contribution is -2.44. The number of benzene rings is 1. The van der Waals surface area contributed by atoms with Crippen molar-refractivity contribution in [2.45, 2.75) is 32.9 Å². The summed E-state index contributed by atoms with van der Waals surface area (Å²) in [6.45, 7) is 4.37. The minimum Gasteiger partial charge on any atom is -0.454 e. The minimum atomic E-state index is -1.20. The van der Waals surface area contributed by atoms with Crippen LogP contribution in [0.25, 0.3) is 0 Å². The van der Waals surface area contributed by atoms with E-state index >= 15 is 0 Å². The summed E-state index contributed by atoms with van der Waals surface area (Å²) in [6.07, 6.45) is 0. The van der Waals surface area contributed by atoms with Crippen LogP contribution < -0.4 is 5.32 Å². The summed E-state index contributed by atoms with van der Waals surface area (Å²) in [6, 6.07) is 1.27. The summed E-state index contributed by atoms with van der Waals surface area (Å²) in [5.74, 6) is -2.69. The Hall–Kier alpha value is -2.12. The maximum Gasteiger partial charge on any atom is 0.329 e. The molecule has 1 aliphatic rings. The Morgan fingerprint density at radius 3 is 2.00 bits per heavy atom. The number of nitrogens with zero attached hydrogens (tertiary/aromatic N) is 1. The average Bonchev–Trinajstić information content (AvgIpc) is 2.75. The second-order valence-electron chi connectivity index (χ2n) is 5.80. The van der Waals surface area contributed by atoms with Gasteiger partial charge in [-0.25, -0.2) is 4.79 Å². The number of esters is 1. The van der Waals surface area contributed by atoms with Gasteiger partial charge in [0.1, 0.15) is 6.04 Å². The monoisotopic (exact) mass is 386 g/mol. The van der Waals surface area contributed by atoms with E-state index in [9.17, 15) is 19.2 Å². The number of amides is 3. The Labute approximate surface area is 154 Å². The van der Waals surface area contributed by atoms with Crippen molar-refractivity contribution < 1.29 is 23.9 Å². The molecule has 9 heteroatoms. The third kappa shape index (κ3) is 3.93. The van der Waals surface area contributed by atoms with E-state index in [4.69, 9.17) is 27.9 Å². The van der Waals surface area contributed by atoms with Gasteiger partial charge in [0.15, 0.2) is 6.61 Å². The van der Waals surface area contributed by atoms with Crippen molar-refractivity contribution in [2.75, 3.05) is 6.61 Å². The Morgan fingerprint density at radius 2 is 1.56 bits per heavy atom. The Balaban J connectivity index is 2.11. The van der Waals surface area contributed by atoms with Gasteiger partial charge in [0.2, 0.25) is 0 Å². The summed E-state index contributed by atoms with van der Waals surface area (Å²) in [4.78, 5) is 49.2. The van der Waals surface area contributed by atoms with Crippen molar-refractivity contribution in [3.63, 3.8) is 0 Å². The van der Waals surface area contributed by atoms with Gasteiger partial charge in [0.05, 0.1) is 21.2 Å². The highest BCUT2D eigenvalue weighted by Crippen LogP contribution is 2.32. The van der Waals surface area contributed by atoms with Gasteiger partial charge in [-0.1, -0.05) is 23.2 Å². The van der Waals surface area contributed by atoms with Crippen molar-refractivity contribution in [3.8, 4) is 0 Å². The lowest BCUT2D eigenvalue weighted by molar-refractivity contribution is -0.152. The number of carbonyl (C=O) groups is 4. The zero-order valence-electron chi connectivity index (χ0n) is 13.8. The van der Waals surface area contributed by atoms with Crippen LogP contribution >= 0.6 is 23.2 Å². The fourth-order valence-electron chi connectivity index (χ4n) is 2.33. The van der Waals surface area contributed by atoms with Crippen LogP contribution in [0.1, 0.15) is 41.5 Å². The molecule has 0 radical (unpaired) electrons. The lowest BCUT2D eigenvalue weighted by Gasteiger charge is -2.20. The number of nitrogens with one attached hydrogen (secondary N) is 1. The van der Waals surface area contributed by atoms with Gasteiger partial charge in [0, 0.05) is 6.04 Å². The average molecular weight is 387 g/mol. The Morgan fingerprint density at radius 1 is 1.08 bits per heavy atom. The molecule has 1 aromatic carbocycles. The molecule has 0 fully saturated rings. The predicted molar refractivity (Wildman–Crippen MR) is 90.7 cm³/mol. The van der Waals surface area contributed by atoms with Crippen LogP contribution in [0.3, 0.4) is 0 Å². The molecule has 1 unspecified atom stereocenters. The van der Waals surface area contributed by atoms with E-state index in [0.29, 0.717) is 0 Å². The topological polar surface area (TPSA) is 92.8 Å².